The number of hydrogen-bond donors (Lipinski definition) is 5. The summed E-state index contributed by atoms with van der Waals surface area (Å²) in [5.41, 5.74) is 28.7. The maximum absolute atomic E-state index is 11.9. The molecule has 7 amide bonds. The van der Waals surface area contributed by atoms with Crippen molar-refractivity contribution in [2.75, 3.05) is 25.0 Å². The van der Waals surface area contributed by atoms with Crippen LogP contribution in [0.1, 0.15) is 98.6 Å². The summed E-state index contributed by atoms with van der Waals surface area (Å²) in [5, 5.41) is 8.58. The second-order valence-electron chi connectivity index (χ2n) is 16.1. The molecule has 4 aromatic rings. The van der Waals surface area contributed by atoms with Crippen LogP contribution in [0.2, 0.25) is 0 Å². The SMILES string of the molecule is CCOC(=O)/C=C(\CBr)c1cccs1.CC[C@@H](C(N)=O)N1C=C(c2cccs2)CC1=O.CC[C@@H](C(N)=O)N1CC(c2cccs2)=CC1=O.CC[C@@H](C(N)=O)N1CC(c2cccs2)CC1=O.CC[C@H](N)C(N)=O. The topological polar surface area (TPSA) is 286 Å². The van der Waals surface area contributed by atoms with E-state index >= 15 is 0 Å². The molecule has 17 nitrogen and oxygen atoms in total. The van der Waals surface area contributed by atoms with E-state index in [9.17, 15) is 38.4 Å². The number of esters is 1. The van der Waals surface area contributed by atoms with Crippen LogP contribution in [0.15, 0.2) is 88.4 Å². The van der Waals surface area contributed by atoms with E-state index < -0.39 is 47.8 Å². The number of amides is 7. The number of carbonyl (C=O) groups is 8. The number of alkyl halides is 1. The van der Waals surface area contributed by atoms with Crippen molar-refractivity contribution in [1.82, 2.24) is 14.7 Å². The van der Waals surface area contributed by atoms with Crippen molar-refractivity contribution in [2.24, 2.45) is 28.7 Å². The molecular weight excluding hydrogens is 1060 g/mol. The van der Waals surface area contributed by atoms with E-state index in [4.69, 9.17) is 33.4 Å². The van der Waals surface area contributed by atoms with Crippen LogP contribution in [0.25, 0.3) is 16.7 Å². The van der Waals surface area contributed by atoms with Crippen LogP contribution >= 0.6 is 61.3 Å². The zero-order valence-electron chi connectivity index (χ0n) is 41.0. The van der Waals surface area contributed by atoms with E-state index in [-0.39, 0.29) is 29.6 Å². The summed E-state index contributed by atoms with van der Waals surface area (Å²) in [4.78, 5) is 99.7. The van der Waals surface area contributed by atoms with Gasteiger partial charge >= 0.3 is 5.97 Å². The van der Waals surface area contributed by atoms with Crippen molar-refractivity contribution in [3.63, 3.8) is 0 Å². The van der Waals surface area contributed by atoms with Gasteiger partial charge in [0, 0.05) is 68.6 Å². The molecule has 7 heterocycles. The third-order valence-electron chi connectivity index (χ3n) is 11.2. The number of nitrogens with zero attached hydrogens (tertiary/aromatic N) is 3. The molecule has 5 atom stereocenters. The Labute approximate surface area is 445 Å². The first-order valence-corrected chi connectivity index (χ1v) is 27.8. The van der Waals surface area contributed by atoms with E-state index in [1.807, 2.05) is 97.7 Å². The number of allylic oxidation sites excluding steroid dienone is 1. The number of primary amides is 4. The summed E-state index contributed by atoms with van der Waals surface area (Å²) in [6.07, 6.45) is 8.01. The summed E-state index contributed by atoms with van der Waals surface area (Å²) >= 11 is 9.79. The minimum atomic E-state index is -0.528. The van der Waals surface area contributed by atoms with E-state index in [1.165, 1.54) is 20.8 Å². The highest BCUT2D eigenvalue weighted by Crippen LogP contribution is 2.33. The maximum Gasteiger partial charge on any atom is 0.331 e. The monoisotopic (exact) mass is 1130 g/mol. The van der Waals surface area contributed by atoms with Gasteiger partial charge in [0.2, 0.25) is 41.4 Å². The molecule has 22 heteroatoms. The van der Waals surface area contributed by atoms with Crippen molar-refractivity contribution >= 4 is 125 Å². The fraction of sp³-hybridized carbons (Fsp3) is 0.400. The van der Waals surface area contributed by atoms with E-state index in [0.29, 0.717) is 63.6 Å². The lowest BCUT2D eigenvalue weighted by Crippen LogP contribution is -2.45. The van der Waals surface area contributed by atoms with Crippen LogP contribution in [-0.2, 0) is 43.1 Å². The van der Waals surface area contributed by atoms with Gasteiger partial charge in [0.15, 0.2) is 0 Å². The van der Waals surface area contributed by atoms with Crippen LogP contribution in [0.4, 0.5) is 0 Å². The van der Waals surface area contributed by atoms with E-state index in [1.54, 1.807) is 69.4 Å². The average molecular weight is 1130 g/mol. The van der Waals surface area contributed by atoms with Gasteiger partial charge in [-0.05, 0) is 95.1 Å². The van der Waals surface area contributed by atoms with Crippen LogP contribution in [0, 0.1) is 0 Å². The molecule has 1 fully saturated rings. The Morgan fingerprint density at radius 2 is 1.24 bits per heavy atom. The summed E-state index contributed by atoms with van der Waals surface area (Å²) in [7, 11) is 0. The normalized spacial score (nSPS) is 16.8. The van der Waals surface area contributed by atoms with Crippen molar-refractivity contribution in [3.8, 4) is 0 Å². The molecule has 7 rings (SSSR count). The highest BCUT2D eigenvalue weighted by molar-refractivity contribution is 9.09. The third kappa shape index (κ3) is 18.1. The molecule has 0 bridgehead atoms. The Balaban J connectivity index is 0.000000243. The van der Waals surface area contributed by atoms with Crippen LogP contribution < -0.4 is 28.7 Å². The van der Waals surface area contributed by atoms with Crippen molar-refractivity contribution in [3.05, 3.63) is 108 Å². The van der Waals surface area contributed by atoms with Crippen molar-refractivity contribution in [2.45, 2.75) is 103 Å². The molecule has 0 aromatic carbocycles. The molecule has 0 spiro atoms. The summed E-state index contributed by atoms with van der Waals surface area (Å²) in [6, 6.07) is 13.9. The van der Waals surface area contributed by atoms with Gasteiger partial charge in [-0.3, -0.25) is 33.6 Å². The lowest BCUT2D eigenvalue weighted by Gasteiger charge is -2.24. The number of nitrogens with two attached hydrogens (primary N) is 5. The average Bonchev–Trinajstić information content (AvgIpc) is 4.20. The molecule has 10 N–H and O–H groups in total. The molecule has 72 heavy (non-hydrogen) atoms. The zero-order valence-corrected chi connectivity index (χ0v) is 45.9. The van der Waals surface area contributed by atoms with Gasteiger partial charge in [-0.25, -0.2) is 4.79 Å². The maximum atomic E-state index is 11.9. The standard InChI is InChI=1S/C12H16N2O2S.2C12H14N2O2S.C10H11BrO2S.C4H10N2O/c3*1-2-9(12(13)16)14-7-8(6-11(14)15)10-4-3-5-17-10;1-2-13-10(12)6-8(7-11)9-4-3-5-14-9;1-2-3(5)4(6)7/h3-5,8-9H,2,6-7H2,1H3,(H2,13,16);3-5,7,9H,2,6H2,1H3,(H2,13,16);3-6,9H,2,7H2,1H3,(H2,13,16);3-6H,2,7H2,1H3;3H,2,5H2,1H3,(H2,6,7)/b;;;8-6+;/t8?,9-;2*9-;;3-/m000.0/s1. The van der Waals surface area contributed by atoms with Gasteiger partial charge in [-0.1, -0.05) is 67.9 Å². The Bertz CT molecular complexity index is 2470. The number of rotatable bonds is 18. The molecule has 0 radical (unpaired) electrons. The van der Waals surface area contributed by atoms with Crippen molar-refractivity contribution < 1.29 is 43.1 Å². The van der Waals surface area contributed by atoms with E-state index in [2.05, 4.69) is 15.9 Å². The molecule has 3 aliphatic rings. The summed E-state index contributed by atoms with van der Waals surface area (Å²) in [6.45, 7) is 10.7. The number of likely N-dealkylation sites (tertiary alicyclic amines) is 1. The van der Waals surface area contributed by atoms with Crippen molar-refractivity contribution in [1.29, 1.82) is 0 Å². The van der Waals surface area contributed by atoms with Gasteiger partial charge in [-0.2, -0.15) is 0 Å². The smallest absolute Gasteiger partial charge is 0.331 e. The second kappa shape index (κ2) is 31.0. The lowest BCUT2D eigenvalue weighted by molar-refractivity contribution is -0.137. The van der Waals surface area contributed by atoms with Gasteiger partial charge < -0.3 is 48.1 Å². The number of halogens is 1. The van der Waals surface area contributed by atoms with Crippen LogP contribution in [0.3, 0.4) is 0 Å². The molecule has 0 aliphatic carbocycles. The predicted molar refractivity (Wildman–Crippen MR) is 291 cm³/mol. The van der Waals surface area contributed by atoms with Gasteiger partial charge in [0.1, 0.15) is 18.1 Å². The molecule has 1 saturated heterocycles. The fourth-order valence-corrected chi connectivity index (χ4v) is 11.1. The summed E-state index contributed by atoms with van der Waals surface area (Å²) < 4.78 is 4.84. The van der Waals surface area contributed by atoms with Crippen LogP contribution in [-0.4, -0.2) is 111 Å². The number of ether oxygens (including phenoxy) is 1. The first-order chi connectivity index (χ1) is 34.3. The third-order valence-corrected chi connectivity index (χ3v) is 15.7. The molecule has 1 unspecified atom stereocenters. The van der Waals surface area contributed by atoms with Gasteiger partial charge in [0.25, 0.3) is 0 Å². The molecule has 3 aliphatic heterocycles. The number of hydrogen-bond acceptors (Lipinski definition) is 14. The fourth-order valence-electron chi connectivity index (χ4n) is 7.43. The Morgan fingerprint density at radius 1 is 0.694 bits per heavy atom. The Morgan fingerprint density at radius 3 is 1.68 bits per heavy atom. The highest BCUT2D eigenvalue weighted by Gasteiger charge is 2.37. The number of carbonyl (C=O) groups excluding carboxylic acids is 8. The molecule has 0 saturated carbocycles. The summed E-state index contributed by atoms with van der Waals surface area (Å²) in [5.74, 6) is -1.94. The zero-order chi connectivity index (χ0) is 53.5. The van der Waals surface area contributed by atoms with E-state index in [0.717, 1.165) is 31.4 Å². The largest absolute Gasteiger partial charge is 0.463 e. The first-order valence-electron chi connectivity index (χ1n) is 23.2. The quantitative estimate of drug-likeness (QED) is 0.0412. The Hall–Kier alpha value is -5.78. The lowest BCUT2D eigenvalue weighted by atomic mass is 10.1. The first kappa shape index (κ1) is 60.5. The van der Waals surface area contributed by atoms with Gasteiger partial charge in [-0.15, -0.1) is 45.3 Å². The molecular formula is C50H65BrN8O9S4. The second-order valence-corrected chi connectivity index (χ2v) is 20.5. The van der Waals surface area contributed by atoms with Gasteiger partial charge in [0.05, 0.1) is 19.1 Å². The minimum absolute atomic E-state index is 0.0362. The Kier molecular flexibility index (Phi) is 26.0. The molecule has 4 aromatic heterocycles. The predicted octanol–water partition coefficient (Wildman–Crippen LogP) is 6.45. The van der Waals surface area contributed by atoms with Crippen LogP contribution in [0.5, 0.6) is 0 Å². The highest BCUT2D eigenvalue weighted by atomic mass is 79.9. The minimum Gasteiger partial charge on any atom is -0.463 e. The number of thiophene rings is 4. The molecule has 390 valence electrons.